The molecule has 1 aromatic carbocycles. The average molecular weight is 570 g/mol. The first-order chi connectivity index (χ1) is 19.1. The minimum absolute atomic E-state index is 0.0873. The first-order valence-electron chi connectivity index (χ1n) is 12.5. The highest BCUT2D eigenvalue weighted by Crippen LogP contribution is 2.38. The summed E-state index contributed by atoms with van der Waals surface area (Å²) in [6, 6.07) is 7.07. The van der Waals surface area contributed by atoms with Crippen LogP contribution in [-0.2, 0) is 14.8 Å². The molecule has 0 aliphatic carbocycles. The van der Waals surface area contributed by atoms with Gasteiger partial charge in [0.25, 0.3) is 0 Å². The van der Waals surface area contributed by atoms with Gasteiger partial charge in [0, 0.05) is 30.8 Å². The molecule has 0 spiro atoms. The molecule has 0 aliphatic heterocycles. The fourth-order valence-corrected chi connectivity index (χ4v) is 4.96. The molecule has 13 heteroatoms. The summed E-state index contributed by atoms with van der Waals surface area (Å²) in [4.78, 5) is 12.5. The second kappa shape index (κ2) is 13.3. The number of anilines is 1. The number of hydrogen-bond acceptors (Lipinski definition) is 9. The third kappa shape index (κ3) is 6.72. The number of para-hydroxylation sites is 1. The number of nitrogens with one attached hydrogen (secondary N) is 1. The van der Waals surface area contributed by atoms with Crippen molar-refractivity contribution in [2.24, 2.45) is 9.98 Å². The topological polar surface area (TPSA) is 142 Å². The highest BCUT2D eigenvalue weighted by atomic mass is 32.2. The van der Waals surface area contributed by atoms with E-state index >= 15 is 0 Å². The smallest absolute Gasteiger partial charge is 0.243 e. The molecule has 2 heterocycles. The molecule has 2 aromatic heterocycles. The van der Waals surface area contributed by atoms with Gasteiger partial charge in [0.1, 0.15) is 28.5 Å². The van der Waals surface area contributed by atoms with E-state index in [0.717, 1.165) is 11.1 Å². The van der Waals surface area contributed by atoms with Crippen molar-refractivity contribution in [3.63, 3.8) is 0 Å². The zero-order chi connectivity index (χ0) is 29.4. The number of sulfonamides is 1. The minimum atomic E-state index is -4.16. The first-order valence-corrected chi connectivity index (χ1v) is 14.0. The van der Waals surface area contributed by atoms with Gasteiger partial charge in [-0.2, -0.15) is 0 Å². The maximum atomic E-state index is 13.8. The van der Waals surface area contributed by atoms with Crippen molar-refractivity contribution in [3.05, 3.63) is 54.0 Å². The van der Waals surface area contributed by atoms with Gasteiger partial charge in [-0.25, -0.2) is 18.4 Å². The number of methoxy groups -OCH3 is 2. The summed E-state index contributed by atoms with van der Waals surface area (Å²) >= 11 is 0. The van der Waals surface area contributed by atoms with Crippen molar-refractivity contribution >= 4 is 28.5 Å². The number of pyridine rings is 1. The molecule has 214 valence electrons. The molecule has 2 atom stereocenters. The SMILES string of the molecule is C=NC(=NC=C(C)C)[C@H](OCC)[C@H](C)S(=O)(=O)Nc1nnc(-c2cncc(C)c2)n1-c1c(OC)cccc1OC. The number of aliphatic imine (C=N–C) groups is 2. The summed E-state index contributed by atoms with van der Waals surface area (Å²) < 4.78 is 48.7. The Morgan fingerprint density at radius 2 is 1.85 bits per heavy atom. The Kier molecular flexibility index (Phi) is 10.1. The van der Waals surface area contributed by atoms with Crippen LogP contribution in [0.15, 0.2) is 58.4 Å². The van der Waals surface area contributed by atoms with Gasteiger partial charge in [-0.15, -0.1) is 10.2 Å². The molecule has 40 heavy (non-hydrogen) atoms. The van der Waals surface area contributed by atoms with Crippen molar-refractivity contribution in [1.82, 2.24) is 19.7 Å². The molecular formula is C27H35N7O5S. The number of hydrogen-bond donors (Lipinski definition) is 1. The van der Waals surface area contributed by atoms with Crippen LogP contribution in [0.4, 0.5) is 5.95 Å². The number of benzene rings is 1. The van der Waals surface area contributed by atoms with Crippen LogP contribution in [0, 0.1) is 6.92 Å². The fourth-order valence-electron chi connectivity index (χ4n) is 3.86. The molecule has 0 aliphatic rings. The van der Waals surface area contributed by atoms with Gasteiger partial charge in [-0.3, -0.25) is 14.3 Å². The van der Waals surface area contributed by atoms with Gasteiger partial charge < -0.3 is 14.2 Å². The molecule has 3 aromatic rings. The Morgan fingerprint density at radius 1 is 1.18 bits per heavy atom. The minimum Gasteiger partial charge on any atom is -0.494 e. The second-order valence-corrected chi connectivity index (χ2v) is 11.1. The lowest BCUT2D eigenvalue weighted by Crippen LogP contribution is -2.42. The summed E-state index contributed by atoms with van der Waals surface area (Å²) in [6.07, 6.45) is 3.89. The molecular weight excluding hydrogens is 534 g/mol. The molecule has 0 fully saturated rings. The third-order valence-corrected chi connectivity index (χ3v) is 7.48. The summed E-state index contributed by atoms with van der Waals surface area (Å²) in [5, 5.41) is 7.39. The van der Waals surface area contributed by atoms with E-state index in [-0.39, 0.29) is 18.4 Å². The van der Waals surface area contributed by atoms with Gasteiger partial charge in [-0.05, 0) is 65.1 Å². The zero-order valence-electron chi connectivity index (χ0n) is 23.7. The highest BCUT2D eigenvalue weighted by molar-refractivity contribution is 7.93. The number of aromatic nitrogens is 4. The van der Waals surface area contributed by atoms with Gasteiger partial charge in [0.05, 0.1) is 14.2 Å². The van der Waals surface area contributed by atoms with E-state index in [1.807, 2.05) is 26.8 Å². The lowest BCUT2D eigenvalue weighted by atomic mass is 10.2. The van der Waals surface area contributed by atoms with Gasteiger partial charge in [-0.1, -0.05) is 11.6 Å². The van der Waals surface area contributed by atoms with Crippen LogP contribution >= 0.6 is 0 Å². The van der Waals surface area contributed by atoms with E-state index < -0.39 is 21.4 Å². The Hall–Kier alpha value is -4.10. The first kappa shape index (κ1) is 30.4. The highest BCUT2D eigenvalue weighted by Gasteiger charge is 2.35. The Bertz CT molecular complexity index is 1490. The van der Waals surface area contributed by atoms with Crippen LogP contribution in [0.1, 0.15) is 33.3 Å². The maximum absolute atomic E-state index is 13.8. The summed E-state index contributed by atoms with van der Waals surface area (Å²) in [6.45, 7) is 12.7. The number of allylic oxidation sites excluding steroid dienone is 1. The average Bonchev–Trinajstić information content (AvgIpc) is 3.33. The van der Waals surface area contributed by atoms with Crippen LogP contribution in [0.25, 0.3) is 17.1 Å². The van der Waals surface area contributed by atoms with Crippen LogP contribution in [0.5, 0.6) is 11.5 Å². The normalized spacial score (nSPS) is 13.3. The maximum Gasteiger partial charge on any atom is 0.243 e. The quantitative estimate of drug-likeness (QED) is 0.252. The number of nitrogens with zero attached hydrogens (tertiary/aromatic N) is 6. The zero-order valence-corrected chi connectivity index (χ0v) is 24.6. The Morgan fingerprint density at radius 3 is 2.40 bits per heavy atom. The van der Waals surface area contributed by atoms with Crippen molar-refractivity contribution in [3.8, 4) is 28.6 Å². The fraction of sp³-hybridized carbons (Fsp3) is 0.370. The second-order valence-electron chi connectivity index (χ2n) is 9.02. The van der Waals surface area contributed by atoms with E-state index in [1.54, 1.807) is 43.7 Å². The molecule has 0 saturated heterocycles. The number of ether oxygens (including phenoxy) is 3. The van der Waals surface area contributed by atoms with Crippen LogP contribution < -0.4 is 14.2 Å². The summed E-state index contributed by atoms with van der Waals surface area (Å²) in [5.74, 6) is 1.20. The predicted molar refractivity (Wildman–Crippen MR) is 156 cm³/mol. The van der Waals surface area contributed by atoms with Crippen molar-refractivity contribution in [2.45, 2.75) is 46.0 Å². The number of aryl methyl sites for hydroxylation is 1. The predicted octanol–water partition coefficient (Wildman–Crippen LogP) is 4.21. The van der Waals surface area contributed by atoms with Gasteiger partial charge >= 0.3 is 0 Å². The van der Waals surface area contributed by atoms with Crippen molar-refractivity contribution in [1.29, 1.82) is 0 Å². The van der Waals surface area contributed by atoms with Gasteiger partial charge in [0.2, 0.25) is 16.0 Å². The summed E-state index contributed by atoms with van der Waals surface area (Å²) in [5.41, 5.74) is 2.80. The van der Waals surface area contributed by atoms with Crippen LogP contribution in [-0.4, -0.2) is 72.9 Å². The molecule has 1 N–H and O–H groups in total. The molecule has 0 bridgehead atoms. The molecule has 0 unspecified atom stereocenters. The van der Waals surface area contributed by atoms with Crippen LogP contribution in [0.2, 0.25) is 0 Å². The molecule has 0 saturated carbocycles. The van der Waals surface area contributed by atoms with Gasteiger partial charge in [0.15, 0.2) is 11.7 Å². The van der Waals surface area contributed by atoms with E-state index in [4.69, 9.17) is 14.2 Å². The third-order valence-electron chi connectivity index (χ3n) is 5.79. The van der Waals surface area contributed by atoms with E-state index in [2.05, 4.69) is 36.6 Å². The number of rotatable bonds is 12. The lowest BCUT2D eigenvalue weighted by molar-refractivity contribution is 0.108. The monoisotopic (exact) mass is 569 g/mol. The van der Waals surface area contributed by atoms with Crippen molar-refractivity contribution < 1.29 is 22.6 Å². The van der Waals surface area contributed by atoms with E-state index in [9.17, 15) is 8.42 Å². The van der Waals surface area contributed by atoms with Crippen LogP contribution in [0.3, 0.4) is 0 Å². The van der Waals surface area contributed by atoms with Crippen molar-refractivity contribution in [2.75, 3.05) is 25.5 Å². The molecule has 3 rings (SSSR count). The number of amidine groups is 1. The van der Waals surface area contributed by atoms with E-state index in [1.165, 1.54) is 25.7 Å². The Labute approximate surface area is 234 Å². The molecule has 12 nitrogen and oxygen atoms in total. The van der Waals surface area contributed by atoms with E-state index in [0.29, 0.717) is 28.6 Å². The standard InChI is InChI=1S/C27H35N7O5S/c1-9-39-24(25(28-6)30-14-17(2)3)19(5)40(35,36)33-27-32-31-26(20-13-18(4)15-29-16-20)34(27)23-21(37-7)11-10-12-22(23)38-8/h10-16,19,24H,6,9H2,1-5,7-8H3,(H,32,33)/t19-,24+/m0/s1. The largest absolute Gasteiger partial charge is 0.494 e. The molecule has 0 amide bonds. The Balaban J connectivity index is 2.19. The molecule has 0 radical (unpaired) electrons. The lowest BCUT2D eigenvalue weighted by Gasteiger charge is -2.24. The summed E-state index contributed by atoms with van der Waals surface area (Å²) in [7, 11) is -1.15.